The molecule has 0 saturated heterocycles. The molecule has 1 N–H and O–H groups in total. The van der Waals surface area contributed by atoms with Gasteiger partial charge in [-0.2, -0.15) is 0 Å². The molecular formula is C17H22N2O5S. The summed E-state index contributed by atoms with van der Waals surface area (Å²) in [5.74, 6) is -0.324. The minimum absolute atomic E-state index is 0.114. The van der Waals surface area contributed by atoms with E-state index in [9.17, 15) is 18.0 Å². The van der Waals surface area contributed by atoms with E-state index in [1.807, 2.05) is 0 Å². The van der Waals surface area contributed by atoms with Crippen LogP contribution in [0.4, 0.5) is 0 Å². The molecule has 0 radical (unpaired) electrons. The molecule has 2 rings (SSSR count). The summed E-state index contributed by atoms with van der Waals surface area (Å²) in [6, 6.07) is 6.58. The van der Waals surface area contributed by atoms with Crippen LogP contribution in [0.5, 0.6) is 0 Å². The summed E-state index contributed by atoms with van der Waals surface area (Å²) in [5, 5.41) is 0. The van der Waals surface area contributed by atoms with Crippen LogP contribution in [-0.2, 0) is 24.3 Å². The summed E-state index contributed by atoms with van der Waals surface area (Å²) in [7, 11) is -3.55. The maximum absolute atomic E-state index is 11.9. The van der Waals surface area contributed by atoms with Crippen LogP contribution >= 0.6 is 0 Å². The van der Waals surface area contributed by atoms with E-state index >= 15 is 0 Å². The number of ketones is 1. The van der Waals surface area contributed by atoms with Crippen molar-refractivity contribution in [1.29, 1.82) is 0 Å². The minimum Gasteiger partial charge on any atom is -0.458 e. The molecule has 0 unspecified atom stereocenters. The van der Waals surface area contributed by atoms with E-state index in [2.05, 4.69) is 9.71 Å². The van der Waals surface area contributed by atoms with Crippen LogP contribution in [0.15, 0.2) is 34.2 Å². The van der Waals surface area contributed by atoms with Gasteiger partial charge in [0.15, 0.2) is 12.4 Å². The van der Waals surface area contributed by atoms with Crippen LogP contribution in [0.25, 0.3) is 0 Å². The minimum atomic E-state index is -3.55. The molecule has 8 heteroatoms. The van der Waals surface area contributed by atoms with Crippen molar-refractivity contribution in [1.82, 2.24) is 4.72 Å². The number of carbonyl (C=O) groups excluding carboxylic acids is 2. The van der Waals surface area contributed by atoms with Crippen LogP contribution in [0.3, 0.4) is 0 Å². The number of ether oxygens (including phenoxy) is 1. The van der Waals surface area contributed by atoms with Gasteiger partial charge < -0.3 is 4.74 Å². The fraction of sp³-hybridized carbons (Fsp3) is 0.471. The largest absolute Gasteiger partial charge is 0.458 e. The first-order valence-electron chi connectivity index (χ1n) is 7.97. The molecule has 0 atom stereocenters. The standard InChI is InChI=1S/C17H22N2O5S/c1-17(2,3)14(20)11-24-15(21)9-6-10-18-16-12-7-4-5-8-13(12)25(22,23)19-16/h4-5,7-8H,6,9-11H2,1-3H3,(H,18,19). The lowest BCUT2D eigenvalue weighted by atomic mass is 9.91. The molecule has 1 aromatic carbocycles. The third-order valence-electron chi connectivity index (χ3n) is 3.67. The summed E-state index contributed by atoms with van der Waals surface area (Å²) in [6.45, 7) is 5.33. The lowest BCUT2D eigenvalue weighted by Crippen LogP contribution is -2.26. The fourth-order valence-electron chi connectivity index (χ4n) is 2.10. The van der Waals surface area contributed by atoms with Crippen LogP contribution in [0, 0.1) is 5.41 Å². The highest BCUT2D eigenvalue weighted by molar-refractivity contribution is 7.90. The van der Waals surface area contributed by atoms with E-state index in [-0.39, 0.29) is 36.1 Å². The Hall–Kier alpha value is -2.22. The van der Waals surface area contributed by atoms with E-state index in [1.54, 1.807) is 39.0 Å². The second-order valence-electron chi connectivity index (χ2n) is 6.77. The Bertz CT molecular complexity index is 807. The zero-order valence-corrected chi connectivity index (χ0v) is 15.4. The predicted octanol–water partition coefficient (Wildman–Crippen LogP) is 1.66. The number of esters is 1. The van der Waals surface area contributed by atoms with Crippen LogP contribution < -0.4 is 4.72 Å². The number of hydrogen-bond donors (Lipinski definition) is 1. The van der Waals surface area contributed by atoms with Gasteiger partial charge in [0, 0.05) is 23.9 Å². The van der Waals surface area contributed by atoms with Crippen molar-refractivity contribution in [2.45, 2.75) is 38.5 Å². The third kappa shape index (κ3) is 4.88. The van der Waals surface area contributed by atoms with E-state index in [0.29, 0.717) is 12.0 Å². The van der Waals surface area contributed by atoms with Crippen molar-refractivity contribution >= 4 is 27.6 Å². The van der Waals surface area contributed by atoms with Gasteiger partial charge in [-0.05, 0) is 18.6 Å². The van der Waals surface area contributed by atoms with Gasteiger partial charge in [-0.3, -0.25) is 19.3 Å². The number of amidine groups is 1. The zero-order valence-electron chi connectivity index (χ0n) is 14.5. The average molecular weight is 366 g/mol. The number of aliphatic imine (C=N–C) groups is 1. The first-order valence-corrected chi connectivity index (χ1v) is 9.45. The Labute approximate surface area is 147 Å². The highest BCUT2D eigenvalue weighted by Gasteiger charge is 2.29. The zero-order chi connectivity index (χ0) is 18.7. The number of hydrogen-bond acceptors (Lipinski definition) is 6. The molecule has 25 heavy (non-hydrogen) atoms. The lowest BCUT2D eigenvalue weighted by Gasteiger charge is -2.16. The van der Waals surface area contributed by atoms with E-state index in [4.69, 9.17) is 4.74 Å². The smallest absolute Gasteiger partial charge is 0.306 e. The Morgan fingerprint density at radius 2 is 1.88 bits per heavy atom. The Kier molecular flexibility index (Phi) is 5.62. The molecule has 0 amide bonds. The molecule has 0 fully saturated rings. The van der Waals surface area contributed by atoms with Crippen molar-refractivity contribution in [3.05, 3.63) is 29.8 Å². The average Bonchev–Trinajstić information content (AvgIpc) is 2.79. The molecule has 1 aromatic rings. The van der Waals surface area contributed by atoms with Gasteiger partial charge >= 0.3 is 5.97 Å². The molecule has 7 nitrogen and oxygen atoms in total. The molecule has 1 aliphatic heterocycles. The highest BCUT2D eigenvalue weighted by Crippen LogP contribution is 2.22. The van der Waals surface area contributed by atoms with Gasteiger partial charge in [-0.15, -0.1) is 0 Å². The van der Waals surface area contributed by atoms with E-state index in [0.717, 1.165) is 0 Å². The Balaban J connectivity index is 1.83. The Morgan fingerprint density at radius 1 is 1.20 bits per heavy atom. The molecule has 1 heterocycles. The van der Waals surface area contributed by atoms with Crippen molar-refractivity contribution in [2.24, 2.45) is 10.4 Å². The second kappa shape index (κ2) is 7.35. The number of nitrogens with one attached hydrogen (secondary N) is 1. The summed E-state index contributed by atoms with van der Waals surface area (Å²) in [4.78, 5) is 27.7. The topological polar surface area (TPSA) is 102 Å². The SMILES string of the molecule is CC(C)(C)C(=O)COC(=O)CCCN=C1NS(=O)(=O)c2ccccc21. The number of Topliss-reactive ketones (excluding diaryl/α,β-unsaturated/α-hetero) is 1. The molecule has 1 aliphatic rings. The van der Waals surface area contributed by atoms with E-state index < -0.39 is 21.4 Å². The van der Waals surface area contributed by atoms with Crippen LogP contribution in [0.1, 0.15) is 39.2 Å². The molecule has 0 aliphatic carbocycles. The fourth-order valence-corrected chi connectivity index (χ4v) is 3.35. The number of carbonyl (C=O) groups is 2. The first kappa shape index (κ1) is 19.1. The highest BCUT2D eigenvalue weighted by atomic mass is 32.2. The molecule has 0 spiro atoms. The normalized spacial score (nSPS) is 17.0. The number of nitrogens with zero attached hydrogens (tertiary/aromatic N) is 1. The van der Waals surface area contributed by atoms with Crippen molar-refractivity contribution in [2.75, 3.05) is 13.2 Å². The van der Waals surface area contributed by atoms with Gasteiger partial charge in [0.1, 0.15) is 5.84 Å². The monoisotopic (exact) mass is 366 g/mol. The van der Waals surface area contributed by atoms with Crippen molar-refractivity contribution in [3.63, 3.8) is 0 Å². The van der Waals surface area contributed by atoms with Gasteiger partial charge in [0.25, 0.3) is 10.0 Å². The number of rotatable bonds is 6. The second-order valence-corrected chi connectivity index (χ2v) is 8.42. The summed E-state index contributed by atoms with van der Waals surface area (Å²) in [6.07, 6.45) is 0.512. The molecule has 0 aromatic heterocycles. The van der Waals surface area contributed by atoms with Crippen LogP contribution in [-0.4, -0.2) is 39.2 Å². The summed E-state index contributed by atoms with van der Waals surface area (Å²) in [5.41, 5.74) is -0.0138. The summed E-state index contributed by atoms with van der Waals surface area (Å²) >= 11 is 0. The number of fused-ring (bicyclic) bond motifs is 1. The molecule has 0 saturated carbocycles. The predicted molar refractivity (Wildman–Crippen MR) is 92.8 cm³/mol. The van der Waals surface area contributed by atoms with E-state index in [1.165, 1.54) is 6.07 Å². The maximum Gasteiger partial charge on any atom is 0.306 e. The van der Waals surface area contributed by atoms with Gasteiger partial charge in [0.2, 0.25) is 0 Å². The Morgan fingerprint density at radius 3 is 2.56 bits per heavy atom. The van der Waals surface area contributed by atoms with Gasteiger partial charge in [0.05, 0.1) is 4.90 Å². The lowest BCUT2D eigenvalue weighted by molar-refractivity contribution is -0.150. The van der Waals surface area contributed by atoms with Crippen LogP contribution in [0.2, 0.25) is 0 Å². The molecular weight excluding hydrogens is 344 g/mol. The third-order valence-corrected chi connectivity index (χ3v) is 5.07. The molecule has 136 valence electrons. The van der Waals surface area contributed by atoms with Crippen molar-refractivity contribution in [3.8, 4) is 0 Å². The summed E-state index contributed by atoms with van der Waals surface area (Å²) < 4.78 is 31.2. The van der Waals surface area contributed by atoms with Gasteiger partial charge in [-0.25, -0.2) is 8.42 Å². The van der Waals surface area contributed by atoms with Gasteiger partial charge in [-0.1, -0.05) is 32.9 Å². The molecule has 0 bridgehead atoms. The number of sulfonamides is 1. The quantitative estimate of drug-likeness (QED) is 0.609. The van der Waals surface area contributed by atoms with Crippen molar-refractivity contribution < 1.29 is 22.7 Å². The first-order chi connectivity index (χ1) is 11.6. The maximum atomic E-state index is 11.9. The number of benzene rings is 1.